The first-order valence-electron chi connectivity index (χ1n) is 6.07. The van der Waals surface area contributed by atoms with Gasteiger partial charge in [0, 0.05) is 17.8 Å². The average Bonchev–Trinajstić information content (AvgIpc) is 2.38. The van der Waals surface area contributed by atoms with E-state index in [-0.39, 0.29) is 18.0 Å². The quantitative estimate of drug-likeness (QED) is 0.683. The Morgan fingerprint density at radius 2 is 2.15 bits per heavy atom. The average molecular weight is 273 g/mol. The summed E-state index contributed by atoms with van der Waals surface area (Å²) in [6, 6.07) is 6.85. The molecule has 0 atom stereocenters. The normalized spacial score (nSPS) is 10.3. The molecule has 104 valence electrons. The minimum absolute atomic E-state index is 0.0371. The van der Waals surface area contributed by atoms with Gasteiger partial charge >= 0.3 is 5.69 Å². The second-order valence-corrected chi connectivity index (χ2v) is 4.52. The fourth-order valence-electron chi connectivity index (χ4n) is 1.98. The van der Waals surface area contributed by atoms with E-state index in [9.17, 15) is 10.1 Å². The summed E-state index contributed by atoms with van der Waals surface area (Å²) in [7, 11) is 0. The summed E-state index contributed by atoms with van der Waals surface area (Å²) in [6.07, 6.45) is 1.58. The Bertz CT molecular complexity index is 656. The molecule has 0 bridgehead atoms. The van der Waals surface area contributed by atoms with Gasteiger partial charge in [0.1, 0.15) is 12.4 Å². The molecule has 0 saturated carbocycles. The van der Waals surface area contributed by atoms with Gasteiger partial charge in [-0.3, -0.25) is 10.1 Å². The molecule has 6 heteroatoms. The van der Waals surface area contributed by atoms with Gasteiger partial charge in [-0.15, -0.1) is 0 Å². The Morgan fingerprint density at radius 3 is 2.80 bits per heavy atom. The first-order valence-corrected chi connectivity index (χ1v) is 6.07. The molecule has 2 rings (SSSR count). The lowest BCUT2D eigenvalue weighted by Gasteiger charge is -2.11. The third-order valence-electron chi connectivity index (χ3n) is 2.89. The summed E-state index contributed by atoms with van der Waals surface area (Å²) >= 11 is 0. The molecule has 6 nitrogen and oxygen atoms in total. The number of nitro groups is 1. The van der Waals surface area contributed by atoms with Crippen molar-refractivity contribution in [2.75, 3.05) is 5.73 Å². The summed E-state index contributed by atoms with van der Waals surface area (Å²) in [6.45, 7) is 3.73. The van der Waals surface area contributed by atoms with Crippen LogP contribution in [0.1, 0.15) is 16.7 Å². The molecule has 0 unspecified atom stereocenters. The van der Waals surface area contributed by atoms with Crippen LogP contribution in [0.15, 0.2) is 30.5 Å². The van der Waals surface area contributed by atoms with Crippen LogP contribution < -0.4 is 10.5 Å². The van der Waals surface area contributed by atoms with Crippen molar-refractivity contribution in [1.29, 1.82) is 0 Å². The highest BCUT2D eigenvalue weighted by atomic mass is 16.6. The Labute approximate surface area is 116 Å². The van der Waals surface area contributed by atoms with Crippen molar-refractivity contribution in [2.24, 2.45) is 0 Å². The maximum Gasteiger partial charge on any atom is 0.311 e. The predicted octanol–water partition coefficient (Wildman–Crippen LogP) is 2.77. The summed E-state index contributed by atoms with van der Waals surface area (Å²) < 4.78 is 5.59. The molecule has 0 saturated heterocycles. The molecular formula is C14H15N3O3. The third kappa shape index (κ3) is 2.85. The van der Waals surface area contributed by atoms with E-state index in [1.54, 1.807) is 25.3 Å². The Kier molecular flexibility index (Phi) is 3.84. The number of nitrogens with zero attached hydrogens (tertiary/aromatic N) is 2. The first-order chi connectivity index (χ1) is 9.49. The molecule has 0 aliphatic rings. The molecule has 0 radical (unpaired) electrons. The molecule has 20 heavy (non-hydrogen) atoms. The fraction of sp³-hybridized carbons (Fsp3) is 0.214. The lowest BCUT2D eigenvalue weighted by molar-refractivity contribution is -0.386. The number of pyridine rings is 1. The van der Waals surface area contributed by atoms with Crippen molar-refractivity contribution in [2.45, 2.75) is 20.5 Å². The van der Waals surface area contributed by atoms with Crippen molar-refractivity contribution < 1.29 is 9.66 Å². The van der Waals surface area contributed by atoms with Gasteiger partial charge in [-0.05, 0) is 31.0 Å². The maximum absolute atomic E-state index is 11.1. The second-order valence-electron chi connectivity index (χ2n) is 4.52. The van der Waals surface area contributed by atoms with Gasteiger partial charge in [-0.25, -0.2) is 4.98 Å². The highest BCUT2D eigenvalue weighted by molar-refractivity contribution is 5.53. The highest BCUT2D eigenvalue weighted by Gasteiger charge is 2.18. The summed E-state index contributed by atoms with van der Waals surface area (Å²) in [5.74, 6) is 0.628. The van der Waals surface area contributed by atoms with Crippen molar-refractivity contribution >= 4 is 11.5 Å². The predicted molar refractivity (Wildman–Crippen MR) is 75.6 cm³/mol. The lowest BCUT2D eigenvalue weighted by atomic mass is 10.1. The monoisotopic (exact) mass is 273 g/mol. The minimum Gasteiger partial charge on any atom is -0.482 e. The Balaban J connectivity index is 2.30. The SMILES string of the molecule is Cc1cc(C)c(OCc2cccnc2N)c([N+](=O)[O-])c1. The van der Waals surface area contributed by atoms with Crippen LogP contribution in [0.2, 0.25) is 0 Å². The van der Waals surface area contributed by atoms with Crippen LogP contribution in [0.25, 0.3) is 0 Å². The number of rotatable bonds is 4. The number of benzene rings is 1. The number of aromatic nitrogens is 1. The van der Waals surface area contributed by atoms with E-state index in [0.717, 1.165) is 11.1 Å². The zero-order valence-corrected chi connectivity index (χ0v) is 11.3. The fourth-order valence-corrected chi connectivity index (χ4v) is 1.98. The van der Waals surface area contributed by atoms with Crippen molar-refractivity contribution in [3.05, 3.63) is 57.3 Å². The minimum atomic E-state index is -0.443. The molecule has 1 aromatic heterocycles. The highest BCUT2D eigenvalue weighted by Crippen LogP contribution is 2.32. The molecule has 2 N–H and O–H groups in total. The van der Waals surface area contributed by atoms with E-state index >= 15 is 0 Å². The Morgan fingerprint density at radius 1 is 1.40 bits per heavy atom. The topological polar surface area (TPSA) is 91.3 Å². The molecule has 1 aromatic carbocycles. The number of hydrogen-bond acceptors (Lipinski definition) is 5. The third-order valence-corrected chi connectivity index (χ3v) is 2.89. The number of nitrogen functional groups attached to an aromatic ring is 1. The van der Waals surface area contributed by atoms with Crippen molar-refractivity contribution in [1.82, 2.24) is 4.98 Å². The summed E-state index contributed by atoms with van der Waals surface area (Å²) in [5, 5.41) is 11.1. The van der Waals surface area contributed by atoms with E-state index in [1.807, 2.05) is 13.0 Å². The van der Waals surface area contributed by atoms with Crippen LogP contribution in [-0.4, -0.2) is 9.91 Å². The Hall–Kier alpha value is -2.63. The van der Waals surface area contributed by atoms with E-state index in [4.69, 9.17) is 10.5 Å². The van der Waals surface area contributed by atoms with Gasteiger partial charge in [-0.2, -0.15) is 0 Å². The summed E-state index contributed by atoms with van der Waals surface area (Å²) in [4.78, 5) is 14.6. The number of hydrogen-bond donors (Lipinski definition) is 1. The molecule has 2 aromatic rings. The standard InChI is InChI=1S/C14H15N3O3/c1-9-6-10(2)13(12(7-9)17(18)19)20-8-11-4-3-5-16-14(11)15/h3-7H,8H2,1-2H3,(H2,15,16). The van der Waals surface area contributed by atoms with E-state index in [0.29, 0.717) is 11.4 Å². The molecule has 0 amide bonds. The first kappa shape index (κ1) is 13.8. The van der Waals surface area contributed by atoms with Crippen LogP contribution in [0.4, 0.5) is 11.5 Å². The van der Waals surface area contributed by atoms with Gasteiger partial charge in [0.2, 0.25) is 0 Å². The second kappa shape index (κ2) is 5.56. The van der Waals surface area contributed by atoms with Crippen LogP contribution in [0, 0.1) is 24.0 Å². The van der Waals surface area contributed by atoms with Gasteiger partial charge < -0.3 is 10.5 Å². The van der Waals surface area contributed by atoms with Gasteiger partial charge in [0.25, 0.3) is 0 Å². The maximum atomic E-state index is 11.1. The zero-order chi connectivity index (χ0) is 14.7. The number of nitrogens with two attached hydrogens (primary N) is 1. The van der Waals surface area contributed by atoms with Gasteiger partial charge in [0.15, 0.2) is 5.75 Å². The molecule has 0 aliphatic heterocycles. The van der Waals surface area contributed by atoms with Crippen molar-refractivity contribution in [3.8, 4) is 5.75 Å². The largest absolute Gasteiger partial charge is 0.482 e. The van der Waals surface area contributed by atoms with E-state index in [1.165, 1.54) is 6.07 Å². The van der Waals surface area contributed by atoms with Crippen LogP contribution in [0.5, 0.6) is 5.75 Å². The smallest absolute Gasteiger partial charge is 0.311 e. The van der Waals surface area contributed by atoms with E-state index < -0.39 is 4.92 Å². The molecule has 0 fully saturated rings. The molecular weight excluding hydrogens is 258 g/mol. The van der Waals surface area contributed by atoms with Crippen molar-refractivity contribution in [3.63, 3.8) is 0 Å². The number of aryl methyl sites for hydroxylation is 2. The van der Waals surface area contributed by atoms with Gasteiger partial charge in [-0.1, -0.05) is 12.1 Å². The lowest BCUT2D eigenvalue weighted by Crippen LogP contribution is -2.04. The van der Waals surface area contributed by atoms with Crippen LogP contribution >= 0.6 is 0 Å². The van der Waals surface area contributed by atoms with Crippen LogP contribution in [-0.2, 0) is 6.61 Å². The van der Waals surface area contributed by atoms with Crippen LogP contribution in [0.3, 0.4) is 0 Å². The molecule has 0 aliphatic carbocycles. The van der Waals surface area contributed by atoms with E-state index in [2.05, 4.69) is 4.98 Å². The number of anilines is 1. The number of ether oxygens (including phenoxy) is 1. The summed E-state index contributed by atoms with van der Waals surface area (Å²) in [5.41, 5.74) is 7.92. The van der Waals surface area contributed by atoms with Gasteiger partial charge in [0.05, 0.1) is 4.92 Å². The molecule has 0 spiro atoms. The number of nitro benzene ring substituents is 1. The molecule has 1 heterocycles. The zero-order valence-electron chi connectivity index (χ0n) is 11.3.